The average Bonchev–Trinajstić information content (AvgIpc) is 3.15. The molecule has 2 aliphatic rings. The van der Waals surface area contributed by atoms with Gasteiger partial charge in [0.05, 0.1) is 12.7 Å². The maximum atomic E-state index is 15.1. The molecule has 1 amide bonds. The Kier molecular flexibility index (Phi) is 18.7. The smallest absolute Gasteiger partial charge is 0.364 e. The van der Waals surface area contributed by atoms with Gasteiger partial charge in [-0.25, -0.2) is 8.95 Å². The van der Waals surface area contributed by atoms with Crippen LogP contribution in [0.1, 0.15) is 44.5 Å². The molecule has 320 valence electrons. The van der Waals surface area contributed by atoms with E-state index < -0.39 is 116 Å². The monoisotopic (exact) mass is 847 g/mol. The molecule has 2 N–H and O–H groups in total. The first kappa shape index (κ1) is 48.0. The maximum Gasteiger partial charge on any atom is 0.439 e. The lowest BCUT2D eigenvalue weighted by Crippen LogP contribution is -2.60. The van der Waals surface area contributed by atoms with Crippen molar-refractivity contribution in [3.8, 4) is 0 Å². The van der Waals surface area contributed by atoms with Crippen LogP contribution in [0, 0.1) is 5.92 Å². The third kappa shape index (κ3) is 13.6. The van der Waals surface area contributed by atoms with Gasteiger partial charge in [-0.2, -0.15) is 35.1 Å². The fourth-order valence-corrected chi connectivity index (χ4v) is 6.07. The van der Waals surface area contributed by atoms with Crippen molar-refractivity contribution in [3.05, 3.63) is 96.7 Å². The molecule has 1 fully saturated rings. The van der Waals surface area contributed by atoms with Crippen LogP contribution in [0.15, 0.2) is 91.1 Å². The number of unbranched alkanes of at least 4 members (excludes halogenated alkanes) is 1. The third-order valence-electron chi connectivity index (χ3n) is 8.39. The van der Waals surface area contributed by atoms with E-state index in [0.29, 0.717) is 11.1 Å². The summed E-state index contributed by atoms with van der Waals surface area (Å²) in [5.74, 6) is -7.23. The summed E-state index contributed by atoms with van der Waals surface area (Å²) < 4.78 is 165. The molecular formula is C37H45F8NO10S. The first-order chi connectivity index (χ1) is 26.9. The molecule has 1 saturated heterocycles. The minimum Gasteiger partial charge on any atom is -0.364 e. The average molecular weight is 848 g/mol. The lowest BCUT2D eigenvalue weighted by Gasteiger charge is -2.44. The number of nitrogens with one attached hydrogen (secondary N) is 1. The molecule has 1 aromatic carbocycles. The van der Waals surface area contributed by atoms with Gasteiger partial charge in [0.1, 0.15) is 12.9 Å². The van der Waals surface area contributed by atoms with E-state index in [1.54, 1.807) is 79.8 Å². The largest absolute Gasteiger partial charge is 0.439 e. The normalized spacial score (nSPS) is 25.6. The molecule has 0 aromatic heterocycles. The Balaban J connectivity index is 1.65. The van der Waals surface area contributed by atoms with Crippen LogP contribution < -0.4 is 5.32 Å². The van der Waals surface area contributed by atoms with Gasteiger partial charge < -0.3 is 34.1 Å². The van der Waals surface area contributed by atoms with Crippen LogP contribution in [-0.2, 0) is 48.5 Å². The fourth-order valence-electron chi connectivity index (χ4n) is 5.31. The van der Waals surface area contributed by atoms with Gasteiger partial charge in [0.2, 0.25) is 17.0 Å². The van der Waals surface area contributed by atoms with E-state index in [0.717, 1.165) is 7.11 Å². The Bertz CT molecular complexity index is 1580. The molecule has 1 aliphatic carbocycles. The number of carbonyl (C=O) groups excluding carboxylic acids is 1. The van der Waals surface area contributed by atoms with Crippen LogP contribution >= 0.6 is 0 Å². The van der Waals surface area contributed by atoms with E-state index in [1.165, 1.54) is 6.08 Å². The standard InChI is InChI=1S/C37H45F8NO10S/c1-4-27-28(23-52-32(48)26-18-12-9-13-19-26)54-33(50-3)31(30(27)53-24-51-5-2)55-57(49)37(44,45)36(42,43)56-35(40,41)34(38,39)21-15-14-20-29(47)46-22-25-16-10-7-6-8-11-17-25/h4,6-13,16-19,27-28,30-33,48H,1,5,14-15,20-24H2,2-3H3,(H,46,47)/b7-6+,8-6?,10-7?,11-8-,16-10-,17-11?,25-16?,25-17-/t27?,28-,30+,31+,32?,33-,57?/m1/s1. The highest BCUT2D eigenvalue weighted by Crippen LogP contribution is 2.48. The molecule has 1 heterocycles. The van der Waals surface area contributed by atoms with Crippen LogP contribution in [-0.4, -0.2) is 96.9 Å². The summed E-state index contributed by atoms with van der Waals surface area (Å²) in [6.45, 7) is 4.33. The Labute approximate surface area is 326 Å². The molecule has 0 spiro atoms. The molecule has 1 aliphatic heterocycles. The molecule has 0 radical (unpaired) electrons. The Hall–Kier alpha value is -3.34. The lowest BCUT2D eigenvalue weighted by atomic mass is 9.89. The number of carbonyl (C=O) groups is 1. The SMILES string of the molecule is C=CC1[C@@H](COC(O)c2ccccc2)O[C@@H](OC)[C@@H](OS(=O)C(F)(F)C(F)(F)OC(F)(F)C(F)(F)CCCCC(=O)NCC2=C\C=C/C=C/C=C\2)[C@H]1OCOCC. The van der Waals surface area contributed by atoms with Crippen LogP contribution in [0.4, 0.5) is 35.1 Å². The number of hydrogen-bond acceptors (Lipinski definition) is 10. The molecule has 1 aromatic rings. The van der Waals surface area contributed by atoms with Crippen molar-refractivity contribution in [1.29, 1.82) is 0 Å². The summed E-state index contributed by atoms with van der Waals surface area (Å²) in [7, 11) is 0.962. The highest BCUT2D eigenvalue weighted by Gasteiger charge is 2.72. The van der Waals surface area contributed by atoms with Crippen molar-refractivity contribution in [1.82, 2.24) is 5.32 Å². The van der Waals surface area contributed by atoms with Gasteiger partial charge in [0, 0.05) is 44.6 Å². The first-order valence-corrected chi connectivity index (χ1v) is 18.6. The molecule has 0 saturated carbocycles. The highest BCUT2D eigenvalue weighted by molar-refractivity contribution is 7.81. The van der Waals surface area contributed by atoms with Crippen molar-refractivity contribution in [2.24, 2.45) is 5.92 Å². The number of allylic oxidation sites excluding steroid dienone is 6. The number of aliphatic hydroxyl groups is 1. The van der Waals surface area contributed by atoms with Crippen LogP contribution in [0.25, 0.3) is 0 Å². The minimum atomic E-state index is -6.52. The predicted octanol–water partition coefficient (Wildman–Crippen LogP) is 7.01. The zero-order chi connectivity index (χ0) is 42.3. The van der Waals surface area contributed by atoms with E-state index in [1.807, 2.05) is 0 Å². The van der Waals surface area contributed by atoms with Crippen molar-refractivity contribution < 1.29 is 81.8 Å². The summed E-state index contributed by atoms with van der Waals surface area (Å²) in [4.78, 5) is 12.1. The lowest BCUT2D eigenvalue weighted by molar-refractivity contribution is -0.456. The van der Waals surface area contributed by atoms with E-state index in [-0.39, 0.29) is 13.2 Å². The number of aliphatic hydroxyl groups excluding tert-OH is 1. The summed E-state index contributed by atoms with van der Waals surface area (Å²) in [6.07, 6.45) is -11.2. The zero-order valence-electron chi connectivity index (χ0n) is 30.9. The van der Waals surface area contributed by atoms with Gasteiger partial charge in [0.15, 0.2) is 18.7 Å². The van der Waals surface area contributed by atoms with Gasteiger partial charge >= 0.3 is 23.4 Å². The van der Waals surface area contributed by atoms with Gasteiger partial charge in [-0.3, -0.25) is 8.98 Å². The number of ether oxygens (including phenoxy) is 6. The molecule has 3 rings (SSSR count). The molecule has 3 unspecified atom stereocenters. The van der Waals surface area contributed by atoms with Gasteiger partial charge in [0.25, 0.3) is 0 Å². The van der Waals surface area contributed by atoms with E-state index in [4.69, 9.17) is 27.9 Å². The van der Waals surface area contributed by atoms with Crippen LogP contribution in [0.2, 0.25) is 0 Å². The second-order valence-corrected chi connectivity index (χ2v) is 13.6. The maximum absolute atomic E-state index is 15.1. The molecule has 0 bridgehead atoms. The Morgan fingerprint density at radius 1 is 1.00 bits per heavy atom. The van der Waals surface area contributed by atoms with E-state index in [2.05, 4.69) is 16.6 Å². The van der Waals surface area contributed by atoms with Gasteiger partial charge in [-0.15, -0.1) is 6.58 Å². The molecule has 20 heteroatoms. The molecular weight excluding hydrogens is 802 g/mol. The van der Waals surface area contributed by atoms with Crippen molar-refractivity contribution >= 4 is 17.0 Å². The quantitative estimate of drug-likeness (QED) is 0.0485. The van der Waals surface area contributed by atoms with E-state index >= 15 is 8.78 Å². The number of hydrogen-bond donors (Lipinski definition) is 2. The summed E-state index contributed by atoms with van der Waals surface area (Å²) in [5.41, 5.74) is 1.04. The van der Waals surface area contributed by atoms with Crippen molar-refractivity contribution in [2.45, 2.75) is 86.9 Å². The Morgan fingerprint density at radius 2 is 1.68 bits per heavy atom. The second-order valence-electron chi connectivity index (χ2n) is 12.4. The topological polar surface area (TPSA) is 131 Å². The second kappa shape index (κ2) is 22.1. The number of alkyl halides is 8. The summed E-state index contributed by atoms with van der Waals surface area (Å²) in [5, 5.41) is 6.77. The van der Waals surface area contributed by atoms with Gasteiger partial charge in [-0.05, 0) is 25.3 Å². The molecule has 7 atom stereocenters. The fraction of sp³-hybridized carbons (Fsp3) is 0.541. The summed E-state index contributed by atoms with van der Waals surface area (Å²) in [6, 6.07) is 8.05. The van der Waals surface area contributed by atoms with Crippen molar-refractivity contribution in [3.63, 3.8) is 0 Å². The number of amides is 1. The van der Waals surface area contributed by atoms with Crippen LogP contribution in [0.5, 0.6) is 0 Å². The third-order valence-corrected chi connectivity index (χ3v) is 9.45. The first-order valence-electron chi connectivity index (χ1n) is 17.5. The number of halogens is 8. The molecule has 11 nitrogen and oxygen atoms in total. The molecule has 57 heavy (non-hydrogen) atoms. The number of methoxy groups -OCH3 is 1. The van der Waals surface area contributed by atoms with Crippen molar-refractivity contribution in [2.75, 3.05) is 33.7 Å². The highest BCUT2D eigenvalue weighted by atomic mass is 32.2. The number of rotatable bonds is 24. The van der Waals surface area contributed by atoms with E-state index in [9.17, 15) is 40.5 Å². The zero-order valence-corrected chi connectivity index (χ0v) is 31.7. The van der Waals surface area contributed by atoms with Gasteiger partial charge in [-0.1, -0.05) is 78.9 Å². The minimum absolute atomic E-state index is 0.0648. The summed E-state index contributed by atoms with van der Waals surface area (Å²) >= 11 is -4.62. The number of benzene rings is 1. The Morgan fingerprint density at radius 3 is 2.35 bits per heavy atom. The van der Waals surface area contributed by atoms with Crippen LogP contribution in [0.3, 0.4) is 0 Å². The predicted molar refractivity (Wildman–Crippen MR) is 189 cm³/mol.